The summed E-state index contributed by atoms with van der Waals surface area (Å²) in [6, 6.07) is 11.3. The normalized spacial score (nSPS) is 15.1. The fraction of sp³-hybridized carbons (Fsp3) is 0.333. The SMILES string of the molecule is O=C(CC(F)(F)F)NC1(C(=O)NCc2ccc(Nc3ccccc3C(F)(F)F)cc2)CC1. The summed E-state index contributed by atoms with van der Waals surface area (Å²) < 4.78 is 76.2. The number of para-hydroxylation sites is 1. The maximum atomic E-state index is 13.1. The van der Waals surface area contributed by atoms with Crippen LogP contribution in [0.3, 0.4) is 0 Å². The van der Waals surface area contributed by atoms with Gasteiger partial charge in [0.2, 0.25) is 11.8 Å². The van der Waals surface area contributed by atoms with Gasteiger partial charge >= 0.3 is 12.4 Å². The third-order valence-corrected chi connectivity index (χ3v) is 4.84. The second-order valence-corrected chi connectivity index (χ2v) is 7.47. The van der Waals surface area contributed by atoms with Gasteiger partial charge in [-0.3, -0.25) is 9.59 Å². The molecule has 1 aliphatic rings. The summed E-state index contributed by atoms with van der Waals surface area (Å²) in [6.45, 7) is 0.0368. The van der Waals surface area contributed by atoms with Crippen molar-refractivity contribution in [2.24, 2.45) is 0 Å². The number of hydrogen-bond donors (Lipinski definition) is 3. The highest BCUT2D eigenvalue weighted by atomic mass is 19.4. The number of halogens is 6. The van der Waals surface area contributed by atoms with Crippen LogP contribution >= 0.6 is 0 Å². The lowest BCUT2D eigenvalue weighted by molar-refractivity contribution is -0.155. The van der Waals surface area contributed by atoms with E-state index in [2.05, 4.69) is 16.0 Å². The molecular formula is C21H19F6N3O2. The second-order valence-electron chi connectivity index (χ2n) is 7.47. The molecule has 5 nitrogen and oxygen atoms in total. The predicted molar refractivity (Wildman–Crippen MR) is 104 cm³/mol. The molecule has 0 bridgehead atoms. The van der Waals surface area contributed by atoms with Gasteiger partial charge in [0.1, 0.15) is 12.0 Å². The van der Waals surface area contributed by atoms with Crippen LogP contribution < -0.4 is 16.0 Å². The summed E-state index contributed by atoms with van der Waals surface area (Å²) >= 11 is 0. The summed E-state index contributed by atoms with van der Waals surface area (Å²) in [5.74, 6) is -1.85. The zero-order valence-corrected chi connectivity index (χ0v) is 16.5. The number of nitrogens with one attached hydrogen (secondary N) is 3. The van der Waals surface area contributed by atoms with Crippen LogP contribution in [0.25, 0.3) is 0 Å². The van der Waals surface area contributed by atoms with Crippen LogP contribution in [0, 0.1) is 0 Å². The maximum absolute atomic E-state index is 13.1. The first-order valence-electron chi connectivity index (χ1n) is 9.56. The molecule has 0 atom stereocenters. The average Bonchev–Trinajstić information content (AvgIpc) is 3.46. The molecule has 0 radical (unpaired) electrons. The largest absolute Gasteiger partial charge is 0.418 e. The van der Waals surface area contributed by atoms with E-state index in [-0.39, 0.29) is 25.1 Å². The third kappa shape index (κ3) is 6.14. The van der Waals surface area contributed by atoms with Gasteiger partial charge in [0.15, 0.2) is 0 Å². The standard InChI is InChI=1S/C21H19F6N3O2/c22-20(23,24)11-17(31)30-19(9-10-19)18(32)28-12-13-5-7-14(8-6-13)29-16-4-2-1-3-15(16)21(25,26)27/h1-8,29H,9-12H2,(H,28,32)(H,30,31). The van der Waals surface area contributed by atoms with Gasteiger partial charge < -0.3 is 16.0 Å². The van der Waals surface area contributed by atoms with Crippen LogP contribution in [-0.2, 0) is 22.3 Å². The molecule has 11 heteroatoms. The van der Waals surface area contributed by atoms with E-state index in [1.54, 1.807) is 12.1 Å². The molecule has 0 unspecified atom stereocenters. The van der Waals surface area contributed by atoms with Crippen LogP contribution in [0.2, 0.25) is 0 Å². The smallest absolute Gasteiger partial charge is 0.355 e. The molecule has 1 fully saturated rings. The van der Waals surface area contributed by atoms with E-state index in [4.69, 9.17) is 0 Å². The molecule has 3 rings (SSSR count). The van der Waals surface area contributed by atoms with E-state index in [1.807, 2.05) is 0 Å². The van der Waals surface area contributed by atoms with Crippen molar-refractivity contribution >= 4 is 23.2 Å². The van der Waals surface area contributed by atoms with Crippen molar-refractivity contribution in [3.63, 3.8) is 0 Å². The molecule has 32 heavy (non-hydrogen) atoms. The molecule has 3 N–H and O–H groups in total. The Morgan fingerprint density at radius 1 is 0.906 bits per heavy atom. The number of amides is 2. The molecular weight excluding hydrogens is 440 g/mol. The van der Waals surface area contributed by atoms with Crippen molar-refractivity contribution in [2.45, 2.75) is 43.7 Å². The minimum absolute atomic E-state index is 0.0368. The Hall–Kier alpha value is -3.24. The average molecular weight is 459 g/mol. The molecule has 1 saturated carbocycles. The topological polar surface area (TPSA) is 70.2 Å². The van der Waals surface area contributed by atoms with Gasteiger partial charge in [-0.25, -0.2) is 0 Å². The Morgan fingerprint density at radius 2 is 1.53 bits per heavy atom. The van der Waals surface area contributed by atoms with Crippen LogP contribution in [0.1, 0.15) is 30.4 Å². The molecule has 0 heterocycles. The lowest BCUT2D eigenvalue weighted by Crippen LogP contribution is -2.49. The predicted octanol–water partition coefficient (Wildman–Crippen LogP) is 4.67. The van der Waals surface area contributed by atoms with Crippen LogP contribution in [-0.4, -0.2) is 23.5 Å². The summed E-state index contributed by atoms with van der Waals surface area (Å²) in [7, 11) is 0. The first-order valence-corrected chi connectivity index (χ1v) is 9.56. The number of benzene rings is 2. The van der Waals surface area contributed by atoms with Crippen molar-refractivity contribution < 1.29 is 35.9 Å². The van der Waals surface area contributed by atoms with Gasteiger partial charge in [-0.1, -0.05) is 24.3 Å². The van der Waals surface area contributed by atoms with E-state index in [1.165, 1.54) is 30.3 Å². The number of anilines is 2. The van der Waals surface area contributed by atoms with Crippen LogP contribution in [0.5, 0.6) is 0 Å². The van der Waals surface area contributed by atoms with Crippen molar-refractivity contribution in [1.29, 1.82) is 0 Å². The van der Waals surface area contributed by atoms with Gasteiger partial charge in [-0.15, -0.1) is 0 Å². The molecule has 0 spiro atoms. The Balaban J connectivity index is 1.56. The highest BCUT2D eigenvalue weighted by Crippen LogP contribution is 2.37. The molecule has 2 aromatic carbocycles. The summed E-state index contributed by atoms with van der Waals surface area (Å²) in [4.78, 5) is 23.8. The van der Waals surface area contributed by atoms with E-state index in [0.29, 0.717) is 11.3 Å². The Kier molecular flexibility index (Phi) is 6.38. The molecule has 1 aliphatic carbocycles. The van der Waals surface area contributed by atoms with Gasteiger partial charge in [-0.05, 0) is 42.7 Å². The third-order valence-electron chi connectivity index (χ3n) is 4.84. The van der Waals surface area contributed by atoms with Gasteiger partial charge in [0.05, 0.1) is 11.3 Å². The van der Waals surface area contributed by atoms with Gasteiger partial charge in [-0.2, -0.15) is 26.3 Å². The Bertz CT molecular complexity index is 982. The van der Waals surface area contributed by atoms with Gasteiger partial charge in [0.25, 0.3) is 0 Å². The molecule has 0 saturated heterocycles. The fourth-order valence-electron chi connectivity index (χ4n) is 3.08. The quantitative estimate of drug-likeness (QED) is 0.528. The van der Waals surface area contributed by atoms with Gasteiger partial charge in [0, 0.05) is 12.2 Å². The highest BCUT2D eigenvalue weighted by Gasteiger charge is 2.51. The number of rotatable bonds is 7. The van der Waals surface area contributed by atoms with Crippen molar-refractivity contribution in [2.75, 3.05) is 5.32 Å². The molecule has 0 aliphatic heterocycles. The monoisotopic (exact) mass is 459 g/mol. The van der Waals surface area contributed by atoms with Crippen molar-refractivity contribution in [1.82, 2.24) is 10.6 Å². The highest BCUT2D eigenvalue weighted by molar-refractivity contribution is 5.94. The summed E-state index contributed by atoms with van der Waals surface area (Å²) in [5.41, 5.74) is -1.23. The second kappa shape index (κ2) is 8.71. The first-order chi connectivity index (χ1) is 14.9. The number of carbonyl (C=O) groups is 2. The Morgan fingerprint density at radius 3 is 2.09 bits per heavy atom. The maximum Gasteiger partial charge on any atom is 0.418 e. The molecule has 2 aromatic rings. The van der Waals surface area contributed by atoms with Crippen molar-refractivity contribution in [3.05, 3.63) is 59.7 Å². The minimum Gasteiger partial charge on any atom is -0.355 e. The number of hydrogen-bond acceptors (Lipinski definition) is 3. The van der Waals surface area contributed by atoms with Crippen LogP contribution in [0.15, 0.2) is 48.5 Å². The lowest BCUT2D eigenvalue weighted by Gasteiger charge is -2.18. The van der Waals surface area contributed by atoms with Crippen LogP contribution in [0.4, 0.5) is 37.7 Å². The number of carbonyl (C=O) groups excluding carboxylic acids is 2. The molecule has 2 amide bonds. The van der Waals surface area contributed by atoms with Crippen molar-refractivity contribution in [3.8, 4) is 0 Å². The fourth-order valence-corrected chi connectivity index (χ4v) is 3.08. The zero-order chi connectivity index (χ0) is 23.6. The summed E-state index contributed by atoms with van der Waals surface area (Å²) in [5, 5.41) is 7.40. The molecule has 172 valence electrons. The van der Waals surface area contributed by atoms with E-state index in [9.17, 15) is 35.9 Å². The Labute approximate surface area is 179 Å². The zero-order valence-electron chi connectivity index (χ0n) is 16.5. The molecule has 0 aromatic heterocycles. The van der Waals surface area contributed by atoms with E-state index < -0.39 is 41.7 Å². The lowest BCUT2D eigenvalue weighted by atomic mass is 10.1. The first kappa shape index (κ1) is 23.4. The summed E-state index contributed by atoms with van der Waals surface area (Å²) in [6.07, 6.45) is -10.4. The number of alkyl halides is 6. The van der Waals surface area contributed by atoms with E-state index in [0.717, 1.165) is 6.07 Å². The van der Waals surface area contributed by atoms with E-state index >= 15 is 0 Å². The minimum atomic E-state index is -4.66.